The molecule has 0 bridgehead atoms. The van der Waals surface area contributed by atoms with Gasteiger partial charge in [-0.25, -0.2) is 0 Å². The smallest absolute Gasteiger partial charge is 0.251 e. The molecule has 0 spiro atoms. The Hall–Kier alpha value is -1.55. The van der Waals surface area contributed by atoms with E-state index in [4.69, 9.17) is 9.47 Å². The Bertz CT molecular complexity index is 444. The molecular weight excluding hydrogens is 266 g/mol. The summed E-state index contributed by atoms with van der Waals surface area (Å²) in [5, 5.41) is 2.89. The molecule has 1 amide bonds. The molecule has 0 unspecified atom stereocenters. The Kier molecular flexibility index (Phi) is 6.05. The fourth-order valence-corrected chi connectivity index (χ4v) is 2.75. The van der Waals surface area contributed by atoms with E-state index >= 15 is 0 Å². The van der Waals surface area contributed by atoms with Crippen LogP contribution in [-0.4, -0.2) is 32.3 Å². The van der Waals surface area contributed by atoms with Crippen molar-refractivity contribution in [2.45, 2.75) is 38.7 Å². The highest BCUT2D eigenvalue weighted by Crippen LogP contribution is 2.25. The maximum absolute atomic E-state index is 12.0. The van der Waals surface area contributed by atoms with E-state index in [-0.39, 0.29) is 5.91 Å². The van der Waals surface area contributed by atoms with E-state index in [0.29, 0.717) is 30.7 Å². The molecule has 1 aromatic carbocycles. The second-order valence-corrected chi connectivity index (χ2v) is 5.66. The highest BCUT2D eigenvalue weighted by molar-refractivity contribution is 5.94. The molecule has 0 saturated heterocycles. The molecule has 4 nitrogen and oxygen atoms in total. The number of hydrogen-bond acceptors (Lipinski definition) is 3. The van der Waals surface area contributed by atoms with Crippen molar-refractivity contribution in [3.8, 4) is 5.75 Å². The summed E-state index contributed by atoms with van der Waals surface area (Å²) in [6.07, 6.45) is 5.33. The molecule has 2 rings (SSSR count). The van der Waals surface area contributed by atoms with Crippen LogP contribution in [0.25, 0.3) is 0 Å². The van der Waals surface area contributed by atoms with Gasteiger partial charge in [0, 0.05) is 12.1 Å². The monoisotopic (exact) mass is 291 g/mol. The lowest BCUT2D eigenvalue weighted by Crippen LogP contribution is -2.31. The van der Waals surface area contributed by atoms with Crippen LogP contribution in [0, 0.1) is 5.92 Å². The quantitative estimate of drug-likeness (QED) is 0.820. The molecule has 1 aliphatic carbocycles. The molecule has 21 heavy (non-hydrogen) atoms. The van der Waals surface area contributed by atoms with Crippen LogP contribution in [0.4, 0.5) is 0 Å². The third kappa shape index (κ3) is 4.74. The molecule has 0 aromatic heterocycles. The average Bonchev–Trinajstić information content (AvgIpc) is 2.53. The van der Waals surface area contributed by atoms with E-state index < -0.39 is 0 Å². The van der Waals surface area contributed by atoms with Crippen LogP contribution in [0.3, 0.4) is 0 Å². The number of methoxy groups -OCH3 is 1. The standard InChI is InChI=1S/C17H25NO3/c1-13-5-3-4-6-16(13)21-12-11-18-17(19)14-7-9-15(20-2)10-8-14/h7-10,13,16H,3-6,11-12H2,1-2H3,(H,18,19)/t13-,16+/m1/s1. The Morgan fingerprint density at radius 2 is 1.95 bits per heavy atom. The molecule has 0 aliphatic heterocycles. The van der Waals surface area contributed by atoms with Crippen molar-refractivity contribution in [3.63, 3.8) is 0 Å². The summed E-state index contributed by atoms with van der Waals surface area (Å²) in [6, 6.07) is 7.10. The number of rotatable bonds is 6. The summed E-state index contributed by atoms with van der Waals surface area (Å²) in [4.78, 5) is 12.0. The van der Waals surface area contributed by atoms with E-state index in [9.17, 15) is 4.79 Å². The van der Waals surface area contributed by atoms with Crippen LogP contribution in [0.2, 0.25) is 0 Å². The zero-order chi connectivity index (χ0) is 15.1. The van der Waals surface area contributed by atoms with Gasteiger partial charge >= 0.3 is 0 Å². The molecule has 2 atom stereocenters. The Balaban J connectivity index is 1.68. The second kappa shape index (κ2) is 8.03. The summed E-state index contributed by atoms with van der Waals surface area (Å²) in [5.74, 6) is 1.31. The summed E-state index contributed by atoms with van der Waals surface area (Å²) in [5.41, 5.74) is 0.641. The van der Waals surface area contributed by atoms with Gasteiger partial charge in [-0.05, 0) is 43.0 Å². The van der Waals surface area contributed by atoms with E-state index in [1.807, 2.05) is 0 Å². The SMILES string of the molecule is COc1ccc(C(=O)NCCO[C@H]2CCCC[C@H]2C)cc1. The predicted molar refractivity (Wildman–Crippen MR) is 82.7 cm³/mol. The van der Waals surface area contributed by atoms with Gasteiger partial charge in [0.25, 0.3) is 5.91 Å². The van der Waals surface area contributed by atoms with Gasteiger partial charge in [-0.2, -0.15) is 0 Å². The lowest BCUT2D eigenvalue weighted by atomic mass is 9.88. The van der Waals surface area contributed by atoms with Crippen molar-refractivity contribution in [1.29, 1.82) is 0 Å². The minimum Gasteiger partial charge on any atom is -0.497 e. The first-order valence-corrected chi connectivity index (χ1v) is 7.74. The average molecular weight is 291 g/mol. The van der Waals surface area contributed by atoms with Gasteiger partial charge in [0.15, 0.2) is 0 Å². The minimum absolute atomic E-state index is 0.0713. The fourth-order valence-electron chi connectivity index (χ4n) is 2.75. The number of carbonyl (C=O) groups excluding carboxylic acids is 1. The number of hydrogen-bond donors (Lipinski definition) is 1. The molecule has 4 heteroatoms. The van der Waals surface area contributed by atoms with E-state index in [1.165, 1.54) is 19.3 Å². The molecule has 1 aromatic rings. The van der Waals surface area contributed by atoms with E-state index in [2.05, 4.69) is 12.2 Å². The van der Waals surface area contributed by atoms with Crippen molar-refractivity contribution < 1.29 is 14.3 Å². The van der Waals surface area contributed by atoms with Gasteiger partial charge in [-0.3, -0.25) is 4.79 Å². The first kappa shape index (κ1) is 15.8. The van der Waals surface area contributed by atoms with Gasteiger partial charge in [0.2, 0.25) is 0 Å². The third-order valence-corrected chi connectivity index (χ3v) is 4.10. The van der Waals surface area contributed by atoms with Crippen molar-refractivity contribution >= 4 is 5.91 Å². The van der Waals surface area contributed by atoms with Crippen LogP contribution in [0.5, 0.6) is 5.75 Å². The van der Waals surface area contributed by atoms with Crippen LogP contribution in [0.1, 0.15) is 43.0 Å². The van der Waals surface area contributed by atoms with Crippen molar-refractivity contribution in [2.24, 2.45) is 5.92 Å². The summed E-state index contributed by atoms with van der Waals surface area (Å²) in [7, 11) is 1.61. The van der Waals surface area contributed by atoms with E-state index in [0.717, 1.165) is 12.2 Å². The minimum atomic E-state index is -0.0713. The molecule has 1 N–H and O–H groups in total. The fraction of sp³-hybridized carbons (Fsp3) is 0.588. The summed E-state index contributed by atoms with van der Waals surface area (Å²) in [6.45, 7) is 3.38. The van der Waals surface area contributed by atoms with Gasteiger partial charge in [0.05, 0.1) is 19.8 Å². The lowest BCUT2D eigenvalue weighted by molar-refractivity contribution is -0.00293. The Labute approximate surface area is 126 Å². The highest BCUT2D eigenvalue weighted by Gasteiger charge is 2.21. The lowest BCUT2D eigenvalue weighted by Gasteiger charge is -2.28. The van der Waals surface area contributed by atoms with Gasteiger partial charge in [-0.15, -0.1) is 0 Å². The number of ether oxygens (including phenoxy) is 2. The van der Waals surface area contributed by atoms with Crippen molar-refractivity contribution in [3.05, 3.63) is 29.8 Å². The van der Waals surface area contributed by atoms with Crippen LogP contribution in [0.15, 0.2) is 24.3 Å². The van der Waals surface area contributed by atoms with Gasteiger partial charge in [0.1, 0.15) is 5.75 Å². The zero-order valence-corrected chi connectivity index (χ0v) is 12.9. The number of nitrogens with one attached hydrogen (secondary N) is 1. The number of carbonyl (C=O) groups is 1. The van der Waals surface area contributed by atoms with Crippen molar-refractivity contribution in [2.75, 3.05) is 20.3 Å². The first-order valence-electron chi connectivity index (χ1n) is 7.74. The molecule has 0 radical (unpaired) electrons. The Morgan fingerprint density at radius 3 is 2.62 bits per heavy atom. The maximum Gasteiger partial charge on any atom is 0.251 e. The van der Waals surface area contributed by atoms with Crippen LogP contribution < -0.4 is 10.1 Å². The van der Waals surface area contributed by atoms with Crippen LogP contribution >= 0.6 is 0 Å². The number of benzene rings is 1. The second-order valence-electron chi connectivity index (χ2n) is 5.66. The topological polar surface area (TPSA) is 47.6 Å². The molecule has 0 heterocycles. The molecule has 1 fully saturated rings. The van der Waals surface area contributed by atoms with Gasteiger partial charge in [-0.1, -0.05) is 19.8 Å². The zero-order valence-electron chi connectivity index (χ0n) is 12.9. The third-order valence-electron chi connectivity index (χ3n) is 4.10. The number of amides is 1. The predicted octanol–water partition coefficient (Wildman–Crippen LogP) is 3.02. The normalized spacial score (nSPS) is 21.8. The molecule has 1 saturated carbocycles. The largest absolute Gasteiger partial charge is 0.497 e. The van der Waals surface area contributed by atoms with Gasteiger partial charge < -0.3 is 14.8 Å². The first-order chi connectivity index (χ1) is 10.2. The summed E-state index contributed by atoms with van der Waals surface area (Å²) >= 11 is 0. The van der Waals surface area contributed by atoms with E-state index in [1.54, 1.807) is 31.4 Å². The summed E-state index contributed by atoms with van der Waals surface area (Å²) < 4.78 is 11.0. The molecule has 1 aliphatic rings. The highest BCUT2D eigenvalue weighted by atomic mass is 16.5. The Morgan fingerprint density at radius 1 is 1.24 bits per heavy atom. The molecular formula is C17H25NO3. The van der Waals surface area contributed by atoms with Crippen LogP contribution in [-0.2, 0) is 4.74 Å². The molecule has 116 valence electrons. The van der Waals surface area contributed by atoms with Crippen molar-refractivity contribution in [1.82, 2.24) is 5.32 Å². The maximum atomic E-state index is 12.0.